The number of hydrogen-bond acceptors (Lipinski definition) is 3. The van der Waals surface area contributed by atoms with Gasteiger partial charge < -0.3 is 15.2 Å². The van der Waals surface area contributed by atoms with Crippen LogP contribution in [0.2, 0.25) is 0 Å². The van der Waals surface area contributed by atoms with Crippen molar-refractivity contribution in [2.24, 2.45) is 5.41 Å². The Kier molecular flexibility index (Phi) is 5.28. The van der Waals surface area contributed by atoms with Gasteiger partial charge in [-0.1, -0.05) is 32.9 Å². The van der Waals surface area contributed by atoms with Gasteiger partial charge in [-0.25, -0.2) is 0 Å². The molecule has 0 spiro atoms. The van der Waals surface area contributed by atoms with Gasteiger partial charge in [-0.2, -0.15) is 0 Å². The van der Waals surface area contributed by atoms with Crippen LogP contribution in [0.5, 0.6) is 5.75 Å². The molecule has 1 fully saturated rings. The van der Waals surface area contributed by atoms with Crippen LogP contribution in [0, 0.1) is 5.41 Å². The molecule has 0 saturated heterocycles. The maximum absolute atomic E-state index is 10.0. The number of ether oxygens (including phenoxy) is 1. The van der Waals surface area contributed by atoms with Crippen molar-refractivity contribution in [3.8, 4) is 5.75 Å². The third kappa shape index (κ3) is 5.01. The predicted molar refractivity (Wildman–Crippen MR) is 86.8 cm³/mol. The Labute approximate surface area is 128 Å². The number of rotatable bonds is 6. The highest BCUT2D eigenvalue weighted by molar-refractivity contribution is 5.30. The van der Waals surface area contributed by atoms with E-state index in [2.05, 4.69) is 38.2 Å². The summed E-state index contributed by atoms with van der Waals surface area (Å²) in [6.45, 7) is 7.20. The second-order valence-corrected chi connectivity index (χ2v) is 7.47. The molecule has 21 heavy (non-hydrogen) atoms. The van der Waals surface area contributed by atoms with Crippen LogP contribution in [0.3, 0.4) is 0 Å². The summed E-state index contributed by atoms with van der Waals surface area (Å²) < 4.78 is 5.19. The van der Waals surface area contributed by atoms with Gasteiger partial charge in [0.2, 0.25) is 0 Å². The average molecular weight is 291 g/mol. The zero-order valence-electron chi connectivity index (χ0n) is 13.7. The van der Waals surface area contributed by atoms with Gasteiger partial charge in [0, 0.05) is 12.6 Å². The topological polar surface area (TPSA) is 41.5 Å². The largest absolute Gasteiger partial charge is 0.497 e. The first-order chi connectivity index (χ1) is 9.87. The van der Waals surface area contributed by atoms with Gasteiger partial charge in [-0.05, 0) is 48.3 Å². The van der Waals surface area contributed by atoms with Crippen LogP contribution >= 0.6 is 0 Å². The molecule has 0 aliphatic heterocycles. The van der Waals surface area contributed by atoms with E-state index in [4.69, 9.17) is 4.74 Å². The van der Waals surface area contributed by atoms with E-state index in [-0.39, 0.29) is 11.5 Å². The van der Waals surface area contributed by atoms with Crippen molar-refractivity contribution in [3.05, 3.63) is 29.8 Å². The van der Waals surface area contributed by atoms with Gasteiger partial charge in [0.25, 0.3) is 0 Å². The third-order valence-electron chi connectivity index (χ3n) is 4.22. The summed E-state index contributed by atoms with van der Waals surface area (Å²) in [5, 5.41) is 13.5. The Morgan fingerprint density at radius 2 is 1.86 bits per heavy atom. The van der Waals surface area contributed by atoms with Crippen LogP contribution in [0.1, 0.15) is 51.5 Å². The summed E-state index contributed by atoms with van der Waals surface area (Å²) in [4.78, 5) is 0. The highest BCUT2D eigenvalue weighted by atomic mass is 16.5. The molecule has 1 aliphatic carbocycles. The van der Waals surface area contributed by atoms with Crippen molar-refractivity contribution in [1.82, 2.24) is 5.32 Å². The predicted octanol–water partition coefficient (Wildman–Crippen LogP) is 3.33. The Hall–Kier alpha value is -1.06. The van der Waals surface area contributed by atoms with Gasteiger partial charge in [0.15, 0.2) is 0 Å². The Bertz CT molecular complexity index is 430. The smallest absolute Gasteiger partial charge is 0.118 e. The molecule has 0 bridgehead atoms. The fourth-order valence-electron chi connectivity index (χ4n) is 3.01. The van der Waals surface area contributed by atoms with Crippen LogP contribution in [0.4, 0.5) is 0 Å². The zero-order chi connectivity index (χ0) is 15.5. The van der Waals surface area contributed by atoms with Crippen LogP contribution in [0.25, 0.3) is 0 Å². The van der Waals surface area contributed by atoms with Crippen molar-refractivity contribution in [2.75, 3.05) is 13.7 Å². The van der Waals surface area contributed by atoms with Crippen molar-refractivity contribution in [2.45, 2.75) is 58.1 Å². The fraction of sp³-hybridized carbons (Fsp3) is 0.667. The van der Waals surface area contributed by atoms with E-state index < -0.39 is 0 Å². The van der Waals surface area contributed by atoms with Crippen LogP contribution in [0.15, 0.2) is 24.3 Å². The molecule has 0 aromatic heterocycles. The molecule has 1 aromatic rings. The monoisotopic (exact) mass is 291 g/mol. The maximum atomic E-state index is 10.0. The first-order valence-corrected chi connectivity index (χ1v) is 7.93. The molecule has 0 amide bonds. The lowest BCUT2D eigenvalue weighted by atomic mass is 9.76. The first-order valence-electron chi connectivity index (χ1n) is 7.93. The minimum absolute atomic E-state index is 0.187. The molecule has 0 radical (unpaired) electrons. The summed E-state index contributed by atoms with van der Waals surface area (Å²) in [7, 11) is 1.70. The van der Waals surface area contributed by atoms with E-state index >= 15 is 0 Å². The molecule has 3 nitrogen and oxygen atoms in total. The lowest BCUT2D eigenvalue weighted by Crippen LogP contribution is -2.43. The van der Waals surface area contributed by atoms with E-state index in [1.54, 1.807) is 7.11 Å². The van der Waals surface area contributed by atoms with E-state index in [1.807, 2.05) is 12.1 Å². The number of nitrogens with one attached hydrogen (secondary N) is 1. The maximum Gasteiger partial charge on any atom is 0.118 e. The van der Waals surface area contributed by atoms with E-state index in [1.165, 1.54) is 5.56 Å². The van der Waals surface area contributed by atoms with E-state index in [9.17, 15) is 5.11 Å². The molecular weight excluding hydrogens is 262 g/mol. The molecule has 2 N–H and O–H groups in total. The molecule has 1 aliphatic rings. The Morgan fingerprint density at radius 3 is 2.38 bits per heavy atom. The quantitative estimate of drug-likeness (QED) is 0.845. The molecule has 1 aromatic carbocycles. The van der Waals surface area contributed by atoms with E-state index in [0.717, 1.165) is 25.0 Å². The fourth-order valence-corrected chi connectivity index (χ4v) is 3.01. The third-order valence-corrected chi connectivity index (χ3v) is 4.22. The summed E-state index contributed by atoms with van der Waals surface area (Å²) in [6.07, 6.45) is 2.92. The number of aliphatic hydroxyl groups excluding tert-OH is 1. The SMILES string of the molecule is COc1ccc(C2CC(NCC(O)CC(C)(C)C)C2)cc1. The second kappa shape index (κ2) is 6.80. The summed E-state index contributed by atoms with van der Waals surface area (Å²) >= 11 is 0. The molecule has 2 rings (SSSR count). The zero-order valence-corrected chi connectivity index (χ0v) is 13.7. The average Bonchev–Trinajstić information content (AvgIpc) is 2.35. The molecule has 1 unspecified atom stereocenters. The van der Waals surface area contributed by atoms with Gasteiger partial charge in [-0.15, -0.1) is 0 Å². The van der Waals surface area contributed by atoms with Crippen LogP contribution in [-0.4, -0.2) is 30.9 Å². The summed E-state index contributed by atoms with van der Waals surface area (Å²) in [6, 6.07) is 8.93. The highest BCUT2D eigenvalue weighted by Gasteiger charge is 2.30. The minimum Gasteiger partial charge on any atom is -0.497 e. The molecular formula is C18H29NO2. The van der Waals surface area contributed by atoms with Crippen LogP contribution in [-0.2, 0) is 0 Å². The van der Waals surface area contributed by atoms with Crippen molar-refractivity contribution >= 4 is 0 Å². The number of methoxy groups -OCH3 is 1. The Morgan fingerprint density at radius 1 is 1.24 bits per heavy atom. The van der Waals surface area contributed by atoms with Gasteiger partial charge >= 0.3 is 0 Å². The summed E-state index contributed by atoms with van der Waals surface area (Å²) in [5.41, 5.74) is 1.58. The second-order valence-electron chi connectivity index (χ2n) is 7.47. The van der Waals surface area contributed by atoms with Crippen molar-refractivity contribution < 1.29 is 9.84 Å². The normalized spacial score (nSPS) is 23.5. The number of hydrogen-bond donors (Lipinski definition) is 2. The van der Waals surface area contributed by atoms with Gasteiger partial charge in [0.05, 0.1) is 13.2 Å². The molecule has 1 atom stereocenters. The lowest BCUT2D eigenvalue weighted by Gasteiger charge is -2.37. The van der Waals surface area contributed by atoms with Gasteiger partial charge in [-0.3, -0.25) is 0 Å². The summed E-state index contributed by atoms with van der Waals surface area (Å²) in [5.74, 6) is 1.56. The van der Waals surface area contributed by atoms with Gasteiger partial charge in [0.1, 0.15) is 5.75 Å². The molecule has 1 saturated carbocycles. The van der Waals surface area contributed by atoms with Crippen molar-refractivity contribution in [3.63, 3.8) is 0 Å². The van der Waals surface area contributed by atoms with E-state index in [0.29, 0.717) is 18.5 Å². The van der Waals surface area contributed by atoms with Crippen molar-refractivity contribution in [1.29, 1.82) is 0 Å². The molecule has 0 heterocycles. The highest BCUT2D eigenvalue weighted by Crippen LogP contribution is 2.37. The Balaban J connectivity index is 1.69. The molecule has 118 valence electrons. The standard InChI is InChI=1S/C18H29NO2/c1-18(2,3)11-16(20)12-19-15-9-14(10-15)13-5-7-17(21-4)8-6-13/h5-8,14-16,19-20H,9-12H2,1-4H3. The molecule has 3 heteroatoms. The van der Waals surface area contributed by atoms with Crippen LogP contribution < -0.4 is 10.1 Å². The number of benzene rings is 1. The number of aliphatic hydroxyl groups is 1. The first kappa shape index (κ1) is 16.3. The minimum atomic E-state index is -0.245. The lowest BCUT2D eigenvalue weighted by molar-refractivity contribution is 0.110.